The van der Waals surface area contributed by atoms with Crippen molar-refractivity contribution in [1.82, 2.24) is 25.8 Å². The van der Waals surface area contributed by atoms with Gasteiger partial charge in [0.1, 0.15) is 6.04 Å². The largest absolute Gasteiger partial charge is 0.350 e. The molecule has 0 aliphatic heterocycles. The lowest BCUT2D eigenvalue weighted by Crippen LogP contribution is -2.55. The van der Waals surface area contributed by atoms with Gasteiger partial charge in [0.2, 0.25) is 17.7 Å². The van der Waals surface area contributed by atoms with E-state index in [1.165, 1.54) is 17.8 Å². The summed E-state index contributed by atoms with van der Waals surface area (Å²) in [6, 6.07) is 4.48. The minimum atomic E-state index is -0.769. The van der Waals surface area contributed by atoms with Crippen LogP contribution in [0.3, 0.4) is 0 Å². The van der Waals surface area contributed by atoms with Crippen molar-refractivity contribution in [2.45, 2.75) is 64.0 Å². The number of likely N-dealkylation sites (N-methyl/N-ethyl adjacent to an activating group) is 1. The molecule has 0 spiro atoms. The van der Waals surface area contributed by atoms with Gasteiger partial charge in [0.15, 0.2) is 0 Å². The van der Waals surface area contributed by atoms with Gasteiger partial charge in [-0.1, -0.05) is 44.4 Å². The summed E-state index contributed by atoms with van der Waals surface area (Å²) in [6.45, 7) is 6.42. The Kier molecular flexibility index (Phi) is 10.9. The number of rotatable bonds is 12. The van der Waals surface area contributed by atoms with Gasteiger partial charge < -0.3 is 20.9 Å². The molecule has 3 rings (SSSR count). The summed E-state index contributed by atoms with van der Waals surface area (Å²) in [7, 11) is 3.77. The number of benzene rings is 1. The predicted octanol–water partition coefficient (Wildman–Crippen LogP) is 3.69. The minimum Gasteiger partial charge on any atom is -0.350 e. The number of halogens is 1. The number of hydrogen-bond acceptors (Lipinski definition) is 6. The van der Waals surface area contributed by atoms with E-state index in [1.807, 2.05) is 31.1 Å². The summed E-state index contributed by atoms with van der Waals surface area (Å²) in [4.78, 5) is 45.0. The van der Waals surface area contributed by atoms with Gasteiger partial charge in [-0.25, -0.2) is 4.98 Å². The molecule has 202 valence electrons. The molecule has 2 aromatic rings. The number of carbonyl (C=O) groups is 3. The van der Waals surface area contributed by atoms with Crippen LogP contribution in [0.15, 0.2) is 30.4 Å². The third-order valence-corrected chi connectivity index (χ3v) is 7.88. The number of amides is 3. The lowest BCUT2D eigenvalue weighted by Gasteiger charge is -2.32. The highest BCUT2D eigenvalue weighted by atomic mass is 35.5. The number of nitrogens with zero attached hydrogens (tertiary/aromatic N) is 2. The Balaban J connectivity index is 1.74. The topological polar surface area (TPSA) is 103 Å². The second-order valence-electron chi connectivity index (χ2n) is 9.96. The molecule has 1 aliphatic carbocycles. The number of thiazole rings is 1. The first-order valence-corrected chi connectivity index (χ1v) is 14.1. The van der Waals surface area contributed by atoms with E-state index in [0.29, 0.717) is 23.7 Å². The molecule has 3 amide bonds. The van der Waals surface area contributed by atoms with Crippen molar-refractivity contribution < 1.29 is 14.4 Å². The lowest BCUT2D eigenvalue weighted by atomic mass is 9.83. The number of hydrogen-bond donors (Lipinski definition) is 3. The first-order valence-electron chi connectivity index (χ1n) is 12.9. The zero-order chi connectivity index (χ0) is 26.9. The highest BCUT2D eigenvalue weighted by molar-refractivity contribution is 7.18. The van der Waals surface area contributed by atoms with Crippen molar-refractivity contribution in [2.24, 2.45) is 5.92 Å². The number of nitrogens with one attached hydrogen (secondary N) is 3. The third kappa shape index (κ3) is 8.79. The predicted molar refractivity (Wildman–Crippen MR) is 150 cm³/mol. The molecular weight excluding hydrogens is 510 g/mol. The molecule has 1 heterocycles. The van der Waals surface area contributed by atoms with Gasteiger partial charge in [-0.05, 0) is 51.1 Å². The van der Waals surface area contributed by atoms with E-state index in [1.54, 1.807) is 13.0 Å². The van der Waals surface area contributed by atoms with Crippen LogP contribution in [0, 0.1) is 5.92 Å². The Morgan fingerprint density at radius 1 is 1.19 bits per heavy atom. The Hall–Kier alpha value is -2.49. The molecule has 2 atom stereocenters. The fourth-order valence-corrected chi connectivity index (χ4v) is 5.94. The van der Waals surface area contributed by atoms with Gasteiger partial charge in [-0.2, -0.15) is 0 Å². The zero-order valence-corrected chi connectivity index (χ0v) is 23.5. The summed E-state index contributed by atoms with van der Waals surface area (Å²) in [5.74, 6) is -0.428. The van der Waals surface area contributed by atoms with Crippen LogP contribution in [-0.2, 0) is 20.8 Å². The second kappa shape index (κ2) is 13.9. The van der Waals surface area contributed by atoms with Crippen LogP contribution in [0.5, 0.6) is 0 Å². The van der Waals surface area contributed by atoms with Crippen LogP contribution in [0.25, 0.3) is 10.2 Å². The van der Waals surface area contributed by atoms with E-state index in [9.17, 15) is 14.4 Å². The van der Waals surface area contributed by atoms with Crippen LogP contribution < -0.4 is 16.0 Å². The van der Waals surface area contributed by atoms with Crippen LogP contribution in [0.4, 0.5) is 0 Å². The fourth-order valence-electron chi connectivity index (χ4n) is 4.65. The quantitative estimate of drug-likeness (QED) is 0.352. The van der Waals surface area contributed by atoms with Gasteiger partial charge in [0.05, 0.1) is 15.2 Å². The van der Waals surface area contributed by atoms with Crippen molar-refractivity contribution in [3.8, 4) is 0 Å². The van der Waals surface area contributed by atoms with Crippen molar-refractivity contribution >= 4 is 50.9 Å². The standard InChI is InChI=1S/C27H38ClN5O3S/c1-5-24(34)30-21(14-25-31-20-12-11-19(28)13-23(20)37-25)27(36)32-22(18-9-7-6-8-10-18)15-29-26(35)17(2)16-33(3)4/h11-13,18,21-22H,2,5-10,14-16H2,1,3-4H3,(H,29,35)(H,30,34)(H,32,36)/t21-,22+/m0/s1. The zero-order valence-electron chi connectivity index (χ0n) is 21.9. The smallest absolute Gasteiger partial charge is 0.247 e. The molecule has 1 aromatic carbocycles. The first-order chi connectivity index (χ1) is 17.7. The van der Waals surface area contributed by atoms with Crippen LogP contribution >= 0.6 is 22.9 Å². The Morgan fingerprint density at radius 3 is 2.59 bits per heavy atom. The normalized spacial score (nSPS) is 15.8. The highest BCUT2D eigenvalue weighted by Crippen LogP contribution is 2.28. The highest BCUT2D eigenvalue weighted by Gasteiger charge is 2.30. The monoisotopic (exact) mass is 547 g/mol. The summed E-state index contributed by atoms with van der Waals surface area (Å²) < 4.78 is 0.934. The molecule has 37 heavy (non-hydrogen) atoms. The molecule has 10 heteroatoms. The van der Waals surface area contributed by atoms with E-state index in [0.717, 1.165) is 40.9 Å². The molecule has 1 aliphatic rings. The molecule has 0 unspecified atom stereocenters. The van der Waals surface area contributed by atoms with Gasteiger partial charge in [0.25, 0.3) is 0 Å². The summed E-state index contributed by atoms with van der Waals surface area (Å²) >= 11 is 7.58. The molecule has 1 saturated carbocycles. The second-order valence-corrected chi connectivity index (χ2v) is 11.5. The maximum absolute atomic E-state index is 13.5. The molecule has 0 radical (unpaired) electrons. The van der Waals surface area contributed by atoms with Crippen LogP contribution in [0.2, 0.25) is 5.02 Å². The number of fused-ring (bicyclic) bond motifs is 1. The van der Waals surface area contributed by atoms with Gasteiger partial charge >= 0.3 is 0 Å². The Morgan fingerprint density at radius 2 is 1.92 bits per heavy atom. The molecule has 3 N–H and O–H groups in total. The van der Waals surface area contributed by atoms with E-state index < -0.39 is 6.04 Å². The Bertz CT molecular complexity index is 1110. The summed E-state index contributed by atoms with van der Waals surface area (Å²) in [5, 5.41) is 10.4. The minimum absolute atomic E-state index is 0.202. The van der Waals surface area contributed by atoms with E-state index in [2.05, 4.69) is 27.5 Å². The maximum Gasteiger partial charge on any atom is 0.247 e. The van der Waals surface area contributed by atoms with E-state index in [-0.39, 0.29) is 42.5 Å². The summed E-state index contributed by atoms with van der Waals surface area (Å²) in [5.41, 5.74) is 1.29. The molecule has 1 fully saturated rings. The maximum atomic E-state index is 13.5. The van der Waals surface area contributed by atoms with Crippen LogP contribution in [-0.4, -0.2) is 66.9 Å². The first kappa shape index (κ1) is 29.1. The number of aromatic nitrogens is 1. The van der Waals surface area contributed by atoms with E-state index >= 15 is 0 Å². The summed E-state index contributed by atoms with van der Waals surface area (Å²) in [6.07, 6.45) is 5.91. The molecule has 0 saturated heterocycles. The van der Waals surface area contributed by atoms with Crippen molar-refractivity contribution in [3.05, 3.63) is 40.4 Å². The van der Waals surface area contributed by atoms with Gasteiger partial charge in [-0.15, -0.1) is 11.3 Å². The molecule has 0 bridgehead atoms. The van der Waals surface area contributed by atoms with E-state index in [4.69, 9.17) is 11.6 Å². The van der Waals surface area contributed by atoms with Gasteiger partial charge in [0, 0.05) is 42.6 Å². The SMILES string of the molecule is C=C(CN(C)C)C(=O)NC[C@@H](NC(=O)[C@H](Cc1nc2ccc(Cl)cc2s1)NC(=O)CC)C1CCCCC1. The number of carbonyl (C=O) groups excluding carboxylic acids is 3. The molecule has 8 nitrogen and oxygen atoms in total. The molecular formula is C27H38ClN5O3S. The van der Waals surface area contributed by atoms with Crippen molar-refractivity contribution in [1.29, 1.82) is 0 Å². The van der Waals surface area contributed by atoms with Crippen molar-refractivity contribution in [2.75, 3.05) is 27.2 Å². The fraction of sp³-hybridized carbons (Fsp3) is 0.556. The van der Waals surface area contributed by atoms with Crippen LogP contribution in [0.1, 0.15) is 50.5 Å². The lowest BCUT2D eigenvalue weighted by molar-refractivity contribution is -0.129. The average molecular weight is 548 g/mol. The molecule has 1 aromatic heterocycles. The average Bonchev–Trinajstić information content (AvgIpc) is 3.27. The van der Waals surface area contributed by atoms with Crippen molar-refractivity contribution in [3.63, 3.8) is 0 Å². The third-order valence-electron chi connectivity index (χ3n) is 6.60. The van der Waals surface area contributed by atoms with Gasteiger partial charge in [-0.3, -0.25) is 14.4 Å². The Labute approximate surface area is 228 Å².